The predicted molar refractivity (Wildman–Crippen MR) is 110 cm³/mol. The summed E-state index contributed by atoms with van der Waals surface area (Å²) < 4.78 is 30.1. The van der Waals surface area contributed by atoms with Gasteiger partial charge in [-0.2, -0.15) is 5.10 Å². The maximum absolute atomic E-state index is 12.8. The van der Waals surface area contributed by atoms with E-state index in [2.05, 4.69) is 15.1 Å². The van der Waals surface area contributed by atoms with Crippen LogP contribution in [-0.2, 0) is 27.8 Å². The highest BCUT2D eigenvalue weighted by Gasteiger charge is 2.28. The standard InChI is InChI=1S/C21H28N4O3S/c1-14-11-15(2)25(23-14)13-21(26)22-20-10-8-16-7-9-18(12-19(16)20)29(27,28)24-17-5-3-4-6-17/h7,9,11-12,17,20,24H,3-6,8,10,13H2,1-2H3,(H,22,26)/t20-/m1/s1. The van der Waals surface area contributed by atoms with E-state index in [4.69, 9.17) is 0 Å². The lowest BCUT2D eigenvalue weighted by atomic mass is 10.1. The Bertz CT molecular complexity index is 1020. The molecular formula is C21H28N4O3S. The second kappa shape index (κ2) is 7.91. The van der Waals surface area contributed by atoms with Crippen LogP contribution in [0.5, 0.6) is 0 Å². The number of nitrogens with one attached hydrogen (secondary N) is 2. The first-order chi connectivity index (χ1) is 13.8. The fraction of sp³-hybridized carbons (Fsp3) is 0.524. The first-order valence-corrected chi connectivity index (χ1v) is 11.8. The van der Waals surface area contributed by atoms with Crippen LogP contribution in [0.3, 0.4) is 0 Å². The average Bonchev–Trinajstić information content (AvgIpc) is 3.37. The van der Waals surface area contributed by atoms with Crippen molar-refractivity contribution in [2.75, 3.05) is 0 Å². The van der Waals surface area contributed by atoms with Crippen LogP contribution in [0.4, 0.5) is 0 Å². The smallest absolute Gasteiger partial charge is 0.242 e. The number of rotatable bonds is 6. The van der Waals surface area contributed by atoms with Gasteiger partial charge >= 0.3 is 0 Å². The molecule has 2 aromatic rings. The third kappa shape index (κ3) is 4.38. The monoisotopic (exact) mass is 416 g/mol. The van der Waals surface area contributed by atoms with Crippen LogP contribution in [0.1, 0.15) is 60.7 Å². The Balaban J connectivity index is 1.48. The molecule has 0 bridgehead atoms. The van der Waals surface area contributed by atoms with E-state index in [0.717, 1.165) is 61.0 Å². The van der Waals surface area contributed by atoms with Gasteiger partial charge in [-0.1, -0.05) is 18.9 Å². The van der Waals surface area contributed by atoms with E-state index in [1.54, 1.807) is 16.8 Å². The minimum Gasteiger partial charge on any atom is -0.348 e. The van der Waals surface area contributed by atoms with E-state index in [1.165, 1.54) is 0 Å². The molecule has 8 heteroatoms. The number of aryl methyl sites for hydroxylation is 3. The first-order valence-electron chi connectivity index (χ1n) is 10.3. The molecule has 7 nitrogen and oxygen atoms in total. The minimum absolute atomic E-state index is 0.0320. The largest absolute Gasteiger partial charge is 0.348 e. The maximum Gasteiger partial charge on any atom is 0.242 e. The Labute approximate surface area is 171 Å². The van der Waals surface area contributed by atoms with Crippen molar-refractivity contribution in [1.29, 1.82) is 0 Å². The molecule has 1 atom stereocenters. The van der Waals surface area contributed by atoms with Crippen molar-refractivity contribution in [3.8, 4) is 0 Å². The van der Waals surface area contributed by atoms with E-state index in [0.29, 0.717) is 0 Å². The first kappa shape index (κ1) is 20.1. The molecule has 1 fully saturated rings. The molecule has 1 aromatic carbocycles. The highest BCUT2D eigenvalue weighted by Crippen LogP contribution is 2.33. The molecule has 0 aliphatic heterocycles. The lowest BCUT2D eigenvalue weighted by molar-refractivity contribution is -0.122. The molecule has 2 aliphatic carbocycles. The van der Waals surface area contributed by atoms with Gasteiger partial charge in [-0.15, -0.1) is 0 Å². The number of nitrogens with zero attached hydrogens (tertiary/aromatic N) is 2. The minimum atomic E-state index is -3.55. The number of carbonyl (C=O) groups is 1. The fourth-order valence-electron chi connectivity index (χ4n) is 4.44. The van der Waals surface area contributed by atoms with Crippen LogP contribution in [0.15, 0.2) is 29.2 Å². The van der Waals surface area contributed by atoms with Gasteiger partial charge in [-0.3, -0.25) is 9.48 Å². The van der Waals surface area contributed by atoms with Crippen LogP contribution in [0, 0.1) is 13.8 Å². The number of benzene rings is 1. The lowest BCUT2D eigenvalue weighted by Gasteiger charge is -2.17. The lowest BCUT2D eigenvalue weighted by Crippen LogP contribution is -2.33. The molecule has 2 aliphatic rings. The topological polar surface area (TPSA) is 93.1 Å². The molecule has 2 N–H and O–H groups in total. The second-order valence-electron chi connectivity index (χ2n) is 8.21. The van der Waals surface area contributed by atoms with Gasteiger partial charge in [0.1, 0.15) is 6.54 Å². The zero-order valence-electron chi connectivity index (χ0n) is 16.9. The van der Waals surface area contributed by atoms with Gasteiger partial charge in [0.15, 0.2) is 0 Å². The molecule has 156 valence electrons. The van der Waals surface area contributed by atoms with E-state index >= 15 is 0 Å². The van der Waals surface area contributed by atoms with Crippen molar-refractivity contribution in [3.05, 3.63) is 46.8 Å². The summed E-state index contributed by atoms with van der Waals surface area (Å²) in [6, 6.07) is 7.09. The summed E-state index contributed by atoms with van der Waals surface area (Å²) in [5, 5.41) is 7.39. The van der Waals surface area contributed by atoms with Gasteiger partial charge in [-0.25, -0.2) is 13.1 Å². The van der Waals surface area contributed by atoms with Gasteiger partial charge in [0.2, 0.25) is 15.9 Å². The zero-order chi connectivity index (χ0) is 20.6. The molecule has 29 heavy (non-hydrogen) atoms. The molecule has 1 aromatic heterocycles. The van der Waals surface area contributed by atoms with E-state index in [9.17, 15) is 13.2 Å². The fourth-order valence-corrected chi connectivity index (χ4v) is 5.78. The van der Waals surface area contributed by atoms with Crippen molar-refractivity contribution in [2.45, 2.75) is 75.9 Å². The molecule has 4 rings (SSSR count). The van der Waals surface area contributed by atoms with Crippen molar-refractivity contribution >= 4 is 15.9 Å². The average molecular weight is 417 g/mol. The summed E-state index contributed by atoms with van der Waals surface area (Å²) in [6.07, 6.45) is 5.54. The van der Waals surface area contributed by atoms with Crippen LogP contribution in [-0.4, -0.2) is 30.1 Å². The molecule has 1 heterocycles. The summed E-state index contributed by atoms with van der Waals surface area (Å²) in [5.41, 5.74) is 3.82. The zero-order valence-corrected chi connectivity index (χ0v) is 17.8. The number of aromatic nitrogens is 2. The van der Waals surface area contributed by atoms with Crippen LogP contribution in [0.25, 0.3) is 0 Å². The van der Waals surface area contributed by atoms with Gasteiger partial charge < -0.3 is 5.32 Å². The summed E-state index contributed by atoms with van der Waals surface area (Å²) in [7, 11) is -3.55. The number of sulfonamides is 1. The van der Waals surface area contributed by atoms with E-state index in [-0.39, 0.29) is 29.4 Å². The van der Waals surface area contributed by atoms with Crippen LogP contribution >= 0.6 is 0 Å². The highest BCUT2D eigenvalue weighted by molar-refractivity contribution is 7.89. The summed E-state index contributed by atoms with van der Waals surface area (Å²) >= 11 is 0. The normalized spacial score (nSPS) is 19.4. The summed E-state index contributed by atoms with van der Waals surface area (Å²) in [4.78, 5) is 12.8. The van der Waals surface area contributed by atoms with Crippen molar-refractivity contribution in [2.24, 2.45) is 0 Å². The van der Waals surface area contributed by atoms with Gasteiger partial charge in [0, 0.05) is 11.7 Å². The Morgan fingerprint density at radius 1 is 1.17 bits per heavy atom. The third-order valence-corrected chi connectivity index (χ3v) is 7.43. The van der Waals surface area contributed by atoms with Crippen LogP contribution < -0.4 is 10.0 Å². The summed E-state index contributed by atoms with van der Waals surface area (Å²) in [5.74, 6) is -0.119. The van der Waals surface area contributed by atoms with Crippen molar-refractivity contribution < 1.29 is 13.2 Å². The highest BCUT2D eigenvalue weighted by atomic mass is 32.2. The Morgan fingerprint density at radius 3 is 2.62 bits per heavy atom. The van der Waals surface area contributed by atoms with Crippen molar-refractivity contribution in [3.63, 3.8) is 0 Å². The van der Waals surface area contributed by atoms with E-state index < -0.39 is 10.0 Å². The van der Waals surface area contributed by atoms with Crippen molar-refractivity contribution in [1.82, 2.24) is 19.8 Å². The molecule has 0 unspecified atom stereocenters. The number of hydrogen-bond donors (Lipinski definition) is 2. The van der Waals surface area contributed by atoms with Gasteiger partial charge in [0.05, 0.1) is 16.6 Å². The maximum atomic E-state index is 12.8. The number of amides is 1. The number of fused-ring (bicyclic) bond motifs is 1. The number of carbonyl (C=O) groups excluding carboxylic acids is 1. The summed E-state index contributed by atoms with van der Waals surface area (Å²) in [6.45, 7) is 3.98. The molecule has 1 amide bonds. The predicted octanol–water partition coefficient (Wildman–Crippen LogP) is 2.52. The SMILES string of the molecule is Cc1cc(C)n(CC(=O)N[C@@H]2CCc3ccc(S(=O)(=O)NC4CCCC4)cc32)n1. The Kier molecular flexibility index (Phi) is 5.48. The van der Waals surface area contributed by atoms with E-state index in [1.807, 2.05) is 26.0 Å². The molecule has 0 radical (unpaired) electrons. The second-order valence-corrected chi connectivity index (χ2v) is 9.92. The molecular weight excluding hydrogens is 388 g/mol. The molecule has 0 saturated heterocycles. The number of hydrogen-bond acceptors (Lipinski definition) is 4. The Hall–Kier alpha value is -2.19. The molecule has 0 spiro atoms. The Morgan fingerprint density at radius 2 is 1.93 bits per heavy atom. The van der Waals surface area contributed by atoms with Gasteiger partial charge in [-0.05, 0) is 68.9 Å². The quantitative estimate of drug-likeness (QED) is 0.757. The van der Waals surface area contributed by atoms with Crippen LogP contribution in [0.2, 0.25) is 0 Å². The third-order valence-electron chi connectivity index (χ3n) is 5.91. The molecule has 1 saturated carbocycles. The van der Waals surface area contributed by atoms with Gasteiger partial charge in [0.25, 0.3) is 0 Å².